The van der Waals surface area contributed by atoms with Crippen LogP contribution in [0.15, 0.2) is 29.3 Å². The molecule has 1 aliphatic rings. The third-order valence-electron chi connectivity index (χ3n) is 5.80. The number of nitrogens with one attached hydrogen (secondary N) is 2. The van der Waals surface area contributed by atoms with Crippen molar-refractivity contribution in [3.8, 4) is 0 Å². The highest BCUT2D eigenvalue weighted by Crippen LogP contribution is 2.22. The van der Waals surface area contributed by atoms with Gasteiger partial charge in [0, 0.05) is 58.6 Å². The van der Waals surface area contributed by atoms with Gasteiger partial charge in [-0.3, -0.25) is 9.67 Å². The first-order valence-corrected chi connectivity index (χ1v) is 11.2. The Morgan fingerprint density at radius 1 is 1.13 bits per heavy atom. The molecule has 31 heavy (non-hydrogen) atoms. The molecule has 1 aliphatic heterocycles. The Morgan fingerprint density at radius 3 is 2.52 bits per heavy atom. The van der Waals surface area contributed by atoms with E-state index in [0.29, 0.717) is 18.2 Å². The molecule has 2 heterocycles. The number of aromatic nitrogens is 2. The number of hydrogen-bond donors (Lipinski definition) is 2. The molecule has 7 nitrogen and oxygen atoms in total. The Kier molecular flexibility index (Phi) is 8.28. The Bertz CT molecular complexity index is 869. The highest BCUT2D eigenvalue weighted by atomic mass is 19.1. The highest BCUT2D eigenvalue weighted by molar-refractivity contribution is 5.79. The fourth-order valence-corrected chi connectivity index (χ4v) is 3.97. The summed E-state index contributed by atoms with van der Waals surface area (Å²) in [7, 11) is 1.75. The molecule has 0 aliphatic carbocycles. The summed E-state index contributed by atoms with van der Waals surface area (Å²) in [5, 5.41) is 11.1. The molecule has 0 amide bonds. The van der Waals surface area contributed by atoms with Crippen LogP contribution in [0.5, 0.6) is 0 Å². The molecular formula is C23H36FN7. The van der Waals surface area contributed by atoms with Crippen molar-refractivity contribution >= 4 is 11.6 Å². The second-order valence-electron chi connectivity index (χ2n) is 8.06. The summed E-state index contributed by atoms with van der Waals surface area (Å²) in [6, 6.07) is 7.61. The largest absolute Gasteiger partial charge is 0.367 e. The van der Waals surface area contributed by atoms with E-state index in [1.165, 1.54) is 5.69 Å². The zero-order valence-corrected chi connectivity index (χ0v) is 19.3. The molecule has 1 aromatic heterocycles. The van der Waals surface area contributed by atoms with Crippen molar-refractivity contribution in [1.82, 2.24) is 25.3 Å². The van der Waals surface area contributed by atoms with Gasteiger partial charge in [-0.25, -0.2) is 4.39 Å². The summed E-state index contributed by atoms with van der Waals surface area (Å²) in [6.45, 7) is 13.2. The maximum atomic E-state index is 14.7. The topological polar surface area (TPSA) is 60.7 Å². The molecule has 1 aromatic carbocycles. The number of rotatable bonds is 8. The molecular weight excluding hydrogens is 393 g/mol. The summed E-state index contributed by atoms with van der Waals surface area (Å²) < 4.78 is 16.8. The molecule has 2 N–H and O–H groups in total. The number of hydrogen-bond acceptors (Lipinski definition) is 4. The molecule has 170 valence electrons. The van der Waals surface area contributed by atoms with Gasteiger partial charge in [-0.15, -0.1) is 0 Å². The lowest BCUT2D eigenvalue weighted by molar-refractivity contribution is 0.270. The number of benzene rings is 1. The van der Waals surface area contributed by atoms with Crippen molar-refractivity contribution in [2.24, 2.45) is 4.99 Å². The van der Waals surface area contributed by atoms with E-state index in [2.05, 4.69) is 50.4 Å². The van der Waals surface area contributed by atoms with E-state index in [0.717, 1.165) is 63.5 Å². The Labute approximate surface area is 185 Å². The van der Waals surface area contributed by atoms with Crippen LogP contribution in [0.25, 0.3) is 0 Å². The zero-order chi connectivity index (χ0) is 22.2. The highest BCUT2D eigenvalue weighted by Gasteiger charge is 2.18. The smallest absolute Gasteiger partial charge is 0.191 e. The van der Waals surface area contributed by atoms with Crippen LogP contribution in [-0.2, 0) is 13.1 Å². The van der Waals surface area contributed by atoms with Gasteiger partial charge < -0.3 is 20.4 Å². The maximum absolute atomic E-state index is 14.7. The molecule has 0 bridgehead atoms. The predicted molar refractivity (Wildman–Crippen MR) is 125 cm³/mol. The number of aliphatic imine (C=N–C) groups is 1. The number of guanidine groups is 1. The Balaban J connectivity index is 1.43. The summed E-state index contributed by atoms with van der Waals surface area (Å²) >= 11 is 0. The van der Waals surface area contributed by atoms with Crippen LogP contribution < -0.4 is 15.5 Å². The van der Waals surface area contributed by atoms with Crippen LogP contribution >= 0.6 is 0 Å². The van der Waals surface area contributed by atoms with Crippen molar-refractivity contribution in [2.75, 3.05) is 51.2 Å². The van der Waals surface area contributed by atoms with Crippen molar-refractivity contribution in [2.45, 2.75) is 40.3 Å². The van der Waals surface area contributed by atoms with E-state index in [9.17, 15) is 4.39 Å². The van der Waals surface area contributed by atoms with Gasteiger partial charge in [0.15, 0.2) is 5.96 Å². The normalized spacial score (nSPS) is 15.4. The average molecular weight is 430 g/mol. The molecule has 8 heteroatoms. The molecule has 2 aromatic rings. The van der Waals surface area contributed by atoms with Gasteiger partial charge in [0.05, 0.1) is 11.4 Å². The number of halogens is 1. The lowest BCUT2D eigenvalue weighted by Crippen LogP contribution is -2.46. The van der Waals surface area contributed by atoms with E-state index in [1.54, 1.807) is 13.1 Å². The van der Waals surface area contributed by atoms with Gasteiger partial charge in [-0.2, -0.15) is 5.10 Å². The van der Waals surface area contributed by atoms with E-state index < -0.39 is 0 Å². The van der Waals surface area contributed by atoms with Gasteiger partial charge in [0.1, 0.15) is 5.82 Å². The average Bonchev–Trinajstić information content (AvgIpc) is 3.10. The fraction of sp³-hybridized carbons (Fsp3) is 0.565. The maximum Gasteiger partial charge on any atom is 0.191 e. The number of piperazine rings is 1. The first kappa shape index (κ1) is 23.1. The first-order chi connectivity index (χ1) is 15.0. The predicted octanol–water partition coefficient (Wildman–Crippen LogP) is 2.54. The molecule has 0 unspecified atom stereocenters. The summed E-state index contributed by atoms with van der Waals surface area (Å²) in [4.78, 5) is 8.80. The van der Waals surface area contributed by atoms with E-state index in [4.69, 9.17) is 0 Å². The molecule has 3 rings (SSSR count). The van der Waals surface area contributed by atoms with Crippen LogP contribution in [0.2, 0.25) is 0 Å². The van der Waals surface area contributed by atoms with Gasteiger partial charge in [0.25, 0.3) is 0 Å². The van der Waals surface area contributed by atoms with Gasteiger partial charge >= 0.3 is 0 Å². The number of likely N-dealkylation sites (N-methyl/N-ethyl adjacent to an activating group) is 1. The second-order valence-corrected chi connectivity index (χ2v) is 8.06. The number of anilines is 1. The lowest BCUT2D eigenvalue weighted by atomic mass is 10.1. The van der Waals surface area contributed by atoms with Crippen molar-refractivity contribution in [3.63, 3.8) is 0 Å². The molecule has 1 saturated heterocycles. The minimum Gasteiger partial charge on any atom is -0.367 e. The van der Waals surface area contributed by atoms with E-state index >= 15 is 0 Å². The summed E-state index contributed by atoms with van der Waals surface area (Å²) in [5.74, 6) is 0.561. The SMILES string of the molecule is CCN1CCN(c2ccc(CNC(=NC)NCCCn3nc(C)cc3C)cc2F)CC1. The number of aryl methyl sites for hydroxylation is 3. The third kappa shape index (κ3) is 6.43. The lowest BCUT2D eigenvalue weighted by Gasteiger charge is -2.35. The fourth-order valence-electron chi connectivity index (χ4n) is 3.97. The van der Waals surface area contributed by atoms with E-state index in [-0.39, 0.29) is 5.82 Å². The Hall–Kier alpha value is -2.61. The van der Waals surface area contributed by atoms with Crippen molar-refractivity contribution in [3.05, 3.63) is 47.0 Å². The minimum absolute atomic E-state index is 0.155. The molecule has 1 fully saturated rings. The standard InChI is InChI=1S/C23H36FN7/c1-5-29-11-13-30(14-12-29)22-8-7-20(16-21(22)24)17-27-23(25-4)26-9-6-10-31-19(3)15-18(2)28-31/h7-8,15-16H,5-6,9-14,17H2,1-4H3,(H2,25,26,27). The van der Waals surface area contributed by atoms with Crippen LogP contribution in [0.3, 0.4) is 0 Å². The van der Waals surface area contributed by atoms with Crippen LogP contribution in [0, 0.1) is 19.7 Å². The quantitative estimate of drug-likeness (QED) is 0.384. The minimum atomic E-state index is -0.155. The van der Waals surface area contributed by atoms with Gasteiger partial charge in [-0.05, 0) is 50.6 Å². The zero-order valence-electron chi connectivity index (χ0n) is 19.3. The van der Waals surface area contributed by atoms with Crippen LogP contribution in [-0.4, -0.2) is 67.0 Å². The molecule has 0 radical (unpaired) electrons. The monoisotopic (exact) mass is 429 g/mol. The Morgan fingerprint density at radius 2 is 1.90 bits per heavy atom. The first-order valence-electron chi connectivity index (χ1n) is 11.2. The number of nitrogens with zero attached hydrogens (tertiary/aromatic N) is 5. The van der Waals surface area contributed by atoms with E-state index in [1.807, 2.05) is 23.7 Å². The van der Waals surface area contributed by atoms with Crippen molar-refractivity contribution < 1.29 is 4.39 Å². The van der Waals surface area contributed by atoms with Gasteiger partial charge in [-0.1, -0.05) is 13.0 Å². The summed E-state index contributed by atoms with van der Waals surface area (Å²) in [6.07, 6.45) is 0.942. The molecule has 0 spiro atoms. The van der Waals surface area contributed by atoms with Crippen LogP contribution in [0.1, 0.15) is 30.3 Å². The molecule has 0 saturated carbocycles. The molecule has 0 atom stereocenters. The van der Waals surface area contributed by atoms with Crippen molar-refractivity contribution in [1.29, 1.82) is 0 Å². The van der Waals surface area contributed by atoms with Gasteiger partial charge in [0.2, 0.25) is 0 Å². The third-order valence-corrected chi connectivity index (χ3v) is 5.80. The van der Waals surface area contributed by atoms with Crippen LogP contribution in [0.4, 0.5) is 10.1 Å². The summed E-state index contributed by atoms with van der Waals surface area (Å²) in [5.41, 5.74) is 3.83. The second kappa shape index (κ2) is 11.1.